The van der Waals surface area contributed by atoms with E-state index in [9.17, 15) is 22.8 Å². The Balaban J connectivity index is 2.97. The zero-order valence-corrected chi connectivity index (χ0v) is 11.1. The first-order chi connectivity index (χ1) is 9.81. The van der Waals surface area contributed by atoms with Crippen molar-refractivity contribution in [1.29, 1.82) is 0 Å². The number of rotatable bonds is 5. The lowest BCUT2D eigenvalue weighted by Crippen LogP contribution is -2.44. The minimum absolute atomic E-state index is 0.0182. The molecule has 0 unspecified atom stereocenters. The van der Waals surface area contributed by atoms with Gasteiger partial charge >= 0.3 is 12.1 Å². The third kappa shape index (κ3) is 4.45. The van der Waals surface area contributed by atoms with Crippen molar-refractivity contribution in [3.63, 3.8) is 0 Å². The van der Waals surface area contributed by atoms with E-state index < -0.39 is 41.8 Å². The molecule has 1 aromatic carbocycles. The molecule has 116 valence electrons. The number of carbonyl (C=O) groups is 2. The highest BCUT2D eigenvalue weighted by Gasteiger charge is 2.35. The molecule has 0 spiro atoms. The number of hydrogen-bond acceptors (Lipinski definition) is 4. The maximum absolute atomic E-state index is 12.8. The van der Waals surface area contributed by atoms with Crippen LogP contribution in [0.4, 0.5) is 13.2 Å². The third-order valence-electron chi connectivity index (χ3n) is 2.54. The molecule has 0 radical (unpaired) electrons. The zero-order valence-electron chi connectivity index (χ0n) is 11.1. The average Bonchev–Trinajstić information content (AvgIpc) is 2.43. The molecule has 5 nitrogen and oxygen atoms in total. The first kappa shape index (κ1) is 17.0. The predicted octanol–water partition coefficient (Wildman–Crippen LogP) is 1.36. The molecular formula is C13H14F3NO4. The van der Waals surface area contributed by atoms with E-state index in [1.165, 1.54) is 13.0 Å². The molecule has 0 saturated carbocycles. The van der Waals surface area contributed by atoms with Gasteiger partial charge in [-0.25, -0.2) is 4.79 Å². The lowest BCUT2D eigenvalue weighted by atomic mass is 10.1. The smallest absolute Gasteiger partial charge is 0.417 e. The summed E-state index contributed by atoms with van der Waals surface area (Å²) in [5, 5.41) is 11.0. The van der Waals surface area contributed by atoms with Crippen molar-refractivity contribution in [3.8, 4) is 0 Å². The fourth-order valence-corrected chi connectivity index (χ4v) is 1.59. The minimum atomic E-state index is -4.70. The van der Waals surface area contributed by atoms with Crippen LogP contribution in [0, 0.1) is 0 Å². The summed E-state index contributed by atoms with van der Waals surface area (Å²) in [6.07, 6.45) is -4.70. The standard InChI is InChI=1S/C13H14F3NO4/c1-2-21-12(20)10(7-18)17-11(19)8-5-3-4-6-9(8)13(14,15)16/h3-6,10,18H,2,7H2,1H3,(H,17,19)/t10-/m0/s1. The highest BCUT2D eigenvalue weighted by atomic mass is 19.4. The largest absolute Gasteiger partial charge is 0.464 e. The van der Waals surface area contributed by atoms with E-state index in [1.54, 1.807) is 0 Å². The molecule has 2 N–H and O–H groups in total. The number of halogens is 3. The summed E-state index contributed by atoms with van der Waals surface area (Å²) < 4.78 is 43.0. The predicted molar refractivity (Wildman–Crippen MR) is 66.4 cm³/mol. The monoisotopic (exact) mass is 305 g/mol. The Bertz CT molecular complexity index is 516. The van der Waals surface area contributed by atoms with Gasteiger partial charge in [-0.1, -0.05) is 12.1 Å². The Kier molecular flexibility index (Phi) is 5.71. The molecule has 0 aliphatic rings. The maximum Gasteiger partial charge on any atom is 0.417 e. The first-order valence-corrected chi connectivity index (χ1v) is 6.05. The van der Waals surface area contributed by atoms with Crippen molar-refractivity contribution < 1.29 is 32.6 Å². The maximum atomic E-state index is 12.8. The van der Waals surface area contributed by atoms with Crippen LogP contribution in [-0.4, -0.2) is 36.2 Å². The summed E-state index contributed by atoms with van der Waals surface area (Å²) in [7, 11) is 0. The number of carbonyl (C=O) groups excluding carboxylic acids is 2. The molecule has 0 fully saturated rings. The summed E-state index contributed by atoms with van der Waals surface area (Å²) in [5.41, 5.74) is -1.75. The molecule has 1 aromatic rings. The number of benzene rings is 1. The van der Waals surface area contributed by atoms with E-state index in [-0.39, 0.29) is 6.61 Å². The second-order valence-corrected chi connectivity index (χ2v) is 4.00. The van der Waals surface area contributed by atoms with E-state index in [1.807, 2.05) is 5.32 Å². The Hall–Kier alpha value is -2.09. The van der Waals surface area contributed by atoms with Gasteiger partial charge in [-0.15, -0.1) is 0 Å². The number of amides is 1. The molecule has 1 atom stereocenters. The topological polar surface area (TPSA) is 75.6 Å². The lowest BCUT2D eigenvalue weighted by molar-refractivity contribution is -0.146. The van der Waals surface area contributed by atoms with Crippen molar-refractivity contribution in [2.45, 2.75) is 19.1 Å². The third-order valence-corrected chi connectivity index (χ3v) is 2.54. The fourth-order valence-electron chi connectivity index (χ4n) is 1.59. The molecule has 1 amide bonds. The summed E-state index contributed by atoms with van der Waals surface area (Å²) in [6.45, 7) is 0.760. The van der Waals surface area contributed by atoms with Gasteiger partial charge in [0.25, 0.3) is 5.91 Å². The van der Waals surface area contributed by atoms with Crippen molar-refractivity contribution in [3.05, 3.63) is 35.4 Å². The van der Waals surface area contributed by atoms with E-state index in [2.05, 4.69) is 4.74 Å². The van der Waals surface area contributed by atoms with Gasteiger partial charge in [-0.05, 0) is 19.1 Å². The zero-order chi connectivity index (χ0) is 16.0. The fraction of sp³-hybridized carbons (Fsp3) is 0.385. The van der Waals surface area contributed by atoms with Crippen LogP contribution < -0.4 is 5.32 Å². The lowest BCUT2D eigenvalue weighted by Gasteiger charge is -2.17. The van der Waals surface area contributed by atoms with E-state index in [0.717, 1.165) is 18.2 Å². The summed E-state index contributed by atoms with van der Waals surface area (Å²) >= 11 is 0. The number of ether oxygens (including phenoxy) is 1. The second-order valence-electron chi connectivity index (χ2n) is 4.00. The quantitative estimate of drug-likeness (QED) is 0.805. The molecule has 0 aliphatic heterocycles. The average molecular weight is 305 g/mol. The highest BCUT2D eigenvalue weighted by molar-refractivity contribution is 5.98. The van der Waals surface area contributed by atoms with Crippen LogP contribution in [0.15, 0.2) is 24.3 Å². The van der Waals surface area contributed by atoms with Gasteiger partial charge in [-0.2, -0.15) is 13.2 Å². The Morgan fingerprint density at radius 3 is 2.48 bits per heavy atom. The van der Waals surface area contributed by atoms with Crippen LogP contribution in [0.2, 0.25) is 0 Å². The number of nitrogens with one attached hydrogen (secondary N) is 1. The van der Waals surface area contributed by atoms with Crippen molar-refractivity contribution in [1.82, 2.24) is 5.32 Å². The van der Waals surface area contributed by atoms with Crippen molar-refractivity contribution >= 4 is 11.9 Å². The number of esters is 1. The van der Waals surface area contributed by atoms with Gasteiger partial charge in [-0.3, -0.25) is 4.79 Å². The second kappa shape index (κ2) is 7.07. The van der Waals surface area contributed by atoms with Gasteiger partial charge in [0.15, 0.2) is 6.04 Å². The van der Waals surface area contributed by atoms with Crippen LogP contribution in [0.1, 0.15) is 22.8 Å². The number of aliphatic hydroxyl groups excluding tert-OH is 1. The SMILES string of the molecule is CCOC(=O)[C@H](CO)NC(=O)c1ccccc1C(F)(F)F. The van der Waals surface area contributed by atoms with Gasteiger partial charge < -0.3 is 15.2 Å². The van der Waals surface area contributed by atoms with Crippen LogP contribution in [-0.2, 0) is 15.7 Å². The normalized spacial score (nSPS) is 12.6. The van der Waals surface area contributed by atoms with Gasteiger partial charge in [0.1, 0.15) is 0 Å². The van der Waals surface area contributed by atoms with Crippen molar-refractivity contribution in [2.24, 2.45) is 0 Å². The molecule has 21 heavy (non-hydrogen) atoms. The van der Waals surface area contributed by atoms with E-state index >= 15 is 0 Å². The summed E-state index contributed by atoms with van der Waals surface area (Å²) in [6, 6.07) is 2.74. The van der Waals surface area contributed by atoms with Gasteiger partial charge in [0, 0.05) is 0 Å². The van der Waals surface area contributed by atoms with Crippen LogP contribution >= 0.6 is 0 Å². The van der Waals surface area contributed by atoms with Crippen LogP contribution in [0.25, 0.3) is 0 Å². The molecule has 0 aromatic heterocycles. The van der Waals surface area contributed by atoms with Crippen LogP contribution in [0.3, 0.4) is 0 Å². The number of alkyl halides is 3. The first-order valence-electron chi connectivity index (χ1n) is 6.05. The molecule has 8 heteroatoms. The molecule has 0 heterocycles. The summed E-state index contributed by atoms with van der Waals surface area (Å²) in [5.74, 6) is -2.03. The van der Waals surface area contributed by atoms with Gasteiger partial charge in [0.05, 0.1) is 24.3 Å². The molecular weight excluding hydrogens is 291 g/mol. The molecule has 0 bridgehead atoms. The van der Waals surface area contributed by atoms with E-state index in [0.29, 0.717) is 0 Å². The number of aliphatic hydroxyl groups is 1. The van der Waals surface area contributed by atoms with Crippen LogP contribution in [0.5, 0.6) is 0 Å². The molecule has 0 saturated heterocycles. The number of hydrogen-bond donors (Lipinski definition) is 2. The molecule has 1 rings (SSSR count). The molecule has 0 aliphatic carbocycles. The van der Waals surface area contributed by atoms with E-state index in [4.69, 9.17) is 5.11 Å². The van der Waals surface area contributed by atoms with Gasteiger partial charge in [0.2, 0.25) is 0 Å². The Labute approximate surface area is 118 Å². The minimum Gasteiger partial charge on any atom is -0.464 e. The Morgan fingerprint density at radius 1 is 1.33 bits per heavy atom. The summed E-state index contributed by atoms with van der Waals surface area (Å²) in [4.78, 5) is 23.3. The van der Waals surface area contributed by atoms with Crippen molar-refractivity contribution in [2.75, 3.05) is 13.2 Å². The highest BCUT2D eigenvalue weighted by Crippen LogP contribution is 2.31. The Morgan fingerprint density at radius 2 is 1.95 bits per heavy atom.